The Labute approximate surface area is 73.4 Å². The molecule has 0 spiro atoms. The monoisotopic (exact) mass is 173 g/mol. The molecule has 0 aliphatic carbocycles. The van der Waals surface area contributed by atoms with Crippen molar-refractivity contribution < 1.29 is 4.79 Å². The number of carbonyl (C=O) groups excluding carboxylic acids is 1. The molecule has 1 aliphatic heterocycles. The van der Waals surface area contributed by atoms with Gasteiger partial charge >= 0.3 is 0 Å². The molecule has 2 nitrogen and oxygen atoms in total. The van der Waals surface area contributed by atoms with Crippen LogP contribution in [0.25, 0.3) is 0 Å². The van der Waals surface area contributed by atoms with Crippen LogP contribution in [0.3, 0.4) is 0 Å². The number of hydrogen-bond donors (Lipinski definition) is 1. The van der Waals surface area contributed by atoms with Gasteiger partial charge in [0.25, 0.3) is 0 Å². The first-order valence-electron chi connectivity index (χ1n) is 4.16. The molecule has 11 heavy (non-hydrogen) atoms. The number of likely N-dealkylation sites (tertiary alicyclic amines) is 1. The van der Waals surface area contributed by atoms with Crippen LogP contribution in [0, 0.1) is 0 Å². The molecule has 1 saturated heterocycles. The Bertz CT molecular complexity index is 149. The molecule has 3 heteroatoms. The molecule has 0 radical (unpaired) electrons. The van der Waals surface area contributed by atoms with Crippen molar-refractivity contribution >= 4 is 18.5 Å². The van der Waals surface area contributed by atoms with Gasteiger partial charge in [-0.25, -0.2) is 0 Å². The number of rotatable bonds is 2. The van der Waals surface area contributed by atoms with Crippen LogP contribution < -0.4 is 0 Å². The molecule has 0 N–H and O–H groups in total. The number of amides is 1. The van der Waals surface area contributed by atoms with Crippen molar-refractivity contribution in [2.45, 2.75) is 32.2 Å². The fourth-order valence-corrected chi connectivity index (χ4v) is 1.73. The number of carbonyl (C=O) groups is 1. The van der Waals surface area contributed by atoms with Gasteiger partial charge in [-0.1, -0.05) is 0 Å². The Balaban J connectivity index is 2.39. The third kappa shape index (κ3) is 2.12. The second-order valence-electron chi connectivity index (χ2n) is 3.05. The molecule has 0 saturated carbocycles. The summed E-state index contributed by atoms with van der Waals surface area (Å²) in [6.45, 7) is 3.07. The maximum Gasteiger partial charge on any atom is 0.223 e. The van der Waals surface area contributed by atoms with E-state index in [1.54, 1.807) is 0 Å². The summed E-state index contributed by atoms with van der Waals surface area (Å²) in [5.74, 6) is 0.937. The predicted octanol–water partition coefficient (Wildman–Crippen LogP) is 1.32. The molecular weight excluding hydrogens is 158 g/mol. The zero-order valence-corrected chi connectivity index (χ0v) is 7.81. The highest BCUT2D eigenvalue weighted by Gasteiger charge is 2.23. The largest absolute Gasteiger partial charge is 0.340 e. The Morgan fingerprint density at radius 3 is 2.91 bits per heavy atom. The van der Waals surface area contributed by atoms with Gasteiger partial charge in [0, 0.05) is 19.0 Å². The highest BCUT2D eigenvalue weighted by atomic mass is 32.1. The Morgan fingerprint density at radius 2 is 2.45 bits per heavy atom. The number of hydrogen-bond acceptors (Lipinski definition) is 2. The minimum Gasteiger partial charge on any atom is -0.340 e. The zero-order chi connectivity index (χ0) is 8.27. The lowest BCUT2D eigenvalue weighted by atomic mass is 10.2. The maximum atomic E-state index is 11.3. The lowest BCUT2D eigenvalue weighted by Gasteiger charge is -2.20. The average Bonchev–Trinajstić information content (AvgIpc) is 2.36. The van der Waals surface area contributed by atoms with E-state index in [0.717, 1.165) is 13.0 Å². The molecule has 1 aliphatic rings. The molecule has 1 atom stereocenters. The highest BCUT2D eigenvalue weighted by Crippen LogP contribution is 2.17. The predicted molar refractivity (Wildman–Crippen MR) is 48.9 cm³/mol. The second-order valence-corrected chi connectivity index (χ2v) is 3.50. The molecular formula is C8H15NOS. The van der Waals surface area contributed by atoms with Crippen molar-refractivity contribution in [3.05, 3.63) is 0 Å². The fraction of sp³-hybridized carbons (Fsp3) is 0.875. The van der Waals surface area contributed by atoms with Crippen molar-refractivity contribution in [2.24, 2.45) is 0 Å². The van der Waals surface area contributed by atoms with E-state index in [-0.39, 0.29) is 5.91 Å². The van der Waals surface area contributed by atoms with Gasteiger partial charge in [-0.3, -0.25) is 4.79 Å². The van der Waals surface area contributed by atoms with Gasteiger partial charge in [0.15, 0.2) is 0 Å². The van der Waals surface area contributed by atoms with Crippen LogP contribution in [-0.4, -0.2) is 29.1 Å². The van der Waals surface area contributed by atoms with Crippen LogP contribution in [0.15, 0.2) is 0 Å². The normalized spacial score (nSPS) is 24.2. The fourth-order valence-electron chi connectivity index (χ4n) is 1.54. The van der Waals surface area contributed by atoms with Crippen LogP contribution in [0.2, 0.25) is 0 Å². The van der Waals surface area contributed by atoms with Crippen molar-refractivity contribution in [3.8, 4) is 0 Å². The van der Waals surface area contributed by atoms with Crippen molar-refractivity contribution in [3.63, 3.8) is 0 Å². The molecule has 0 aromatic rings. The standard InChI is InChI=1S/C8H15NOS/c1-7-3-2-5-9(7)8(10)4-6-11/h7,11H,2-6H2,1H3. The summed E-state index contributed by atoms with van der Waals surface area (Å²) in [5.41, 5.74) is 0. The van der Waals surface area contributed by atoms with Gasteiger partial charge in [-0.2, -0.15) is 12.6 Å². The van der Waals surface area contributed by atoms with Gasteiger partial charge in [0.05, 0.1) is 0 Å². The Hall–Kier alpha value is -0.180. The summed E-state index contributed by atoms with van der Waals surface area (Å²) in [4.78, 5) is 13.3. The SMILES string of the molecule is CC1CCCN1C(=O)CCS. The van der Waals surface area contributed by atoms with Crippen LogP contribution in [0.4, 0.5) is 0 Å². The lowest BCUT2D eigenvalue weighted by molar-refractivity contribution is -0.131. The Morgan fingerprint density at radius 1 is 1.73 bits per heavy atom. The first-order valence-corrected chi connectivity index (χ1v) is 4.79. The van der Waals surface area contributed by atoms with Crippen LogP contribution in [0.5, 0.6) is 0 Å². The van der Waals surface area contributed by atoms with E-state index < -0.39 is 0 Å². The summed E-state index contributed by atoms with van der Waals surface area (Å²) < 4.78 is 0. The van der Waals surface area contributed by atoms with Gasteiger partial charge in [-0.05, 0) is 25.5 Å². The van der Waals surface area contributed by atoms with E-state index in [1.807, 2.05) is 4.90 Å². The molecule has 0 aromatic carbocycles. The van der Waals surface area contributed by atoms with Crippen molar-refractivity contribution in [1.82, 2.24) is 4.90 Å². The summed E-state index contributed by atoms with van der Waals surface area (Å²) in [6, 6.07) is 0.461. The summed E-state index contributed by atoms with van der Waals surface area (Å²) in [7, 11) is 0. The lowest BCUT2D eigenvalue weighted by Crippen LogP contribution is -2.33. The topological polar surface area (TPSA) is 20.3 Å². The second kappa shape index (κ2) is 4.00. The molecule has 1 heterocycles. The van der Waals surface area contributed by atoms with E-state index >= 15 is 0 Å². The summed E-state index contributed by atoms with van der Waals surface area (Å²) in [6.07, 6.45) is 2.92. The summed E-state index contributed by atoms with van der Waals surface area (Å²) in [5, 5.41) is 0. The molecule has 64 valence electrons. The van der Waals surface area contributed by atoms with E-state index in [9.17, 15) is 4.79 Å². The van der Waals surface area contributed by atoms with Crippen molar-refractivity contribution in [1.29, 1.82) is 0 Å². The minimum atomic E-state index is 0.269. The smallest absolute Gasteiger partial charge is 0.223 e. The van der Waals surface area contributed by atoms with E-state index in [1.165, 1.54) is 6.42 Å². The molecule has 1 amide bonds. The van der Waals surface area contributed by atoms with E-state index in [0.29, 0.717) is 18.2 Å². The first kappa shape index (κ1) is 8.91. The third-order valence-corrected chi connectivity index (χ3v) is 2.42. The zero-order valence-electron chi connectivity index (χ0n) is 6.92. The van der Waals surface area contributed by atoms with Crippen LogP contribution in [-0.2, 0) is 4.79 Å². The summed E-state index contributed by atoms with van der Waals surface area (Å²) >= 11 is 4.03. The quantitative estimate of drug-likeness (QED) is 0.624. The van der Waals surface area contributed by atoms with Gasteiger partial charge in [0.1, 0.15) is 0 Å². The first-order chi connectivity index (χ1) is 5.25. The minimum absolute atomic E-state index is 0.269. The highest BCUT2D eigenvalue weighted by molar-refractivity contribution is 7.80. The Kier molecular flexibility index (Phi) is 3.24. The third-order valence-electron chi connectivity index (χ3n) is 2.20. The van der Waals surface area contributed by atoms with E-state index in [2.05, 4.69) is 19.6 Å². The van der Waals surface area contributed by atoms with Gasteiger partial charge in [0.2, 0.25) is 5.91 Å². The van der Waals surface area contributed by atoms with Gasteiger partial charge in [-0.15, -0.1) is 0 Å². The van der Waals surface area contributed by atoms with Crippen molar-refractivity contribution in [2.75, 3.05) is 12.3 Å². The van der Waals surface area contributed by atoms with Crippen LogP contribution >= 0.6 is 12.6 Å². The average molecular weight is 173 g/mol. The molecule has 1 fully saturated rings. The molecule has 0 bridgehead atoms. The number of thiol groups is 1. The molecule has 0 aromatic heterocycles. The maximum absolute atomic E-state index is 11.3. The van der Waals surface area contributed by atoms with E-state index in [4.69, 9.17) is 0 Å². The van der Waals surface area contributed by atoms with Crippen LogP contribution in [0.1, 0.15) is 26.2 Å². The van der Waals surface area contributed by atoms with Gasteiger partial charge < -0.3 is 4.90 Å². The number of nitrogens with zero attached hydrogens (tertiary/aromatic N) is 1. The molecule has 1 unspecified atom stereocenters. The molecule has 1 rings (SSSR count).